The molecule has 0 spiro atoms. The summed E-state index contributed by atoms with van der Waals surface area (Å²) >= 11 is 5.75. The van der Waals surface area contributed by atoms with E-state index >= 15 is 0 Å². The number of rotatable bonds is 6. The van der Waals surface area contributed by atoms with E-state index < -0.39 is 0 Å². The summed E-state index contributed by atoms with van der Waals surface area (Å²) in [5.41, 5.74) is 0.558. The first-order valence-electron chi connectivity index (χ1n) is 5.45. The minimum atomic E-state index is -0.366. The second-order valence-electron chi connectivity index (χ2n) is 3.41. The normalized spacial score (nSPS) is 12.8. The van der Waals surface area contributed by atoms with E-state index in [4.69, 9.17) is 16.3 Å². The maximum Gasteiger partial charge on any atom is 0.146 e. The Morgan fingerprint density at radius 3 is 2.81 bits per heavy atom. The van der Waals surface area contributed by atoms with Gasteiger partial charge >= 0.3 is 0 Å². The van der Waals surface area contributed by atoms with Crippen LogP contribution in [0.3, 0.4) is 0 Å². The Hall–Kier alpha value is -0.640. The van der Waals surface area contributed by atoms with Crippen LogP contribution in [0.25, 0.3) is 0 Å². The quantitative estimate of drug-likeness (QED) is 0.831. The second kappa shape index (κ2) is 6.84. The Morgan fingerprint density at radius 2 is 2.19 bits per heavy atom. The third-order valence-electron chi connectivity index (χ3n) is 2.30. The molecule has 1 rings (SSSR count). The van der Waals surface area contributed by atoms with Crippen molar-refractivity contribution in [2.75, 3.05) is 19.8 Å². The van der Waals surface area contributed by atoms with E-state index in [1.165, 1.54) is 0 Å². The van der Waals surface area contributed by atoms with E-state index in [9.17, 15) is 4.39 Å². The third kappa shape index (κ3) is 3.44. The molecule has 0 aromatic heterocycles. The van der Waals surface area contributed by atoms with Gasteiger partial charge in [0, 0.05) is 12.2 Å². The van der Waals surface area contributed by atoms with Crippen LogP contribution in [0, 0.1) is 5.82 Å². The first kappa shape index (κ1) is 13.4. The SMILES string of the molecule is CCNC(COCC)c1cccc(Cl)c1F. The van der Waals surface area contributed by atoms with E-state index in [-0.39, 0.29) is 16.9 Å². The molecule has 2 nitrogen and oxygen atoms in total. The van der Waals surface area contributed by atoms with Gasteiger partial charge in [0.05, 0.1) is 17.7 Å². The maximum atomic E-state index is 13.8. The van der Waals surface area contributed by atoms with Gasteiger partial charge in [0.15, 0.2) is 0 Å². The molecule has 1 unspecified atom stereocenters. The highest BCUT2D eigenvalue weighted by Gasteiger charge is 2.16. The molecule has 1 aromatic carbocycles. The molecule has 0 fully saturated rings. The zero-order chi connectivity index (χ0) is 12.0. The van der Waals surface area contributed by atoms with Crippen LogP contribution >= 0.6 is 11.6 Å². The highest BCUT2D eigenvalue weighted by molar-refractivity contribution is 6.30. The molecule has 16 heavy (non-hydrogen) atoms. The molecule has 0 aliphatic heterocycles. The Kier molecular flexibility index (Phi) is 5.74. The van der Waals surface area contributed by atoms with Crippen LogP contribution in [0.15, 0.2) is 18.2 Å². The number of benzene rings is 1. The van der Waals surface area contributed by atoms with Crippen LogP contribution < -0.4 is 5.32 Å². The zero-order valence-electron chi connectivity index (χ0n) is 9.59. The Bertz CT molecular complexity index is 333. The van der Waals surface area contributed by atoms with Gasteiger partial charge in [0.1, 0.15) is 5.82 Å². The molecule has 0 saturated carbocycles. The van der Waals surface area contributed by atoms with Crippen LogP contribution in [-0.2, 0) is 4.74 Å². The van der Waals surface area contributed by atoms with Crippen molar-refractivity contribution in [1.82, 2.24) is 5.32 Å². The lowest BCUT2D eigenvalue weighted by Gasteiger charge is -2.19. The van der Waals surface area contributed by atoms with Crippen molar-refractivity contribution in [1.29, 1.82) is 0 Å². The molecule has 4 heteroatoms. The number of ether oxygens (including phenoxy) is 1. The van der Waals surface area contributed by atoms with Gasteiger partial charge < -0.3 is 10.1 Å². The van der Waals surface area contributed by atoms with Gasteiger partial charge in [0.2, 0.25) is 0 Å². The van der Waals surface area contributed by atoms with Crippen LogP contribution in [0.2, 0.25) is 5.02 Å². The smallest absolute Gasteiger partial charge is 0.146 e. The van der Waals surface area contributed by atoms with Crippen molar-refractivity contribution in [2.45, 2.75) is 19.9 Å². The highest BCUT2D eigenvalue weighted by atomic mass is 35.5. The summed E-state index contributed by atoms with van der Waals surface area (Å²) in [5.74, 6) is -0.366. The molecule has 0 radical (unpaired) electrons. The van der Waals surface area contributed by atoms with E-state index in [1.807, 2.05) is 13.8 Å². The number of nitrogens with one attached hydrogen (secondary N) is 1. The molecule has 1 aromatic rings. The van der Waals surface area contributed by atoms with Gasteiger partial charge in [-0.15, -0.1) is 0 Å². The van der Waals surface area contributed by atoms with Crippen LogP contribution in [0.4, 0.5) is 4.39 Å². The monoisotopic (exact) mass is 245 g/mol. The van der Waals surface area contributed by atoms with Crippen molar-refractivity contribution in [3.63, 3.8) is 0 Å². The van der Waals surface area contributed by atoms with Gasteiger partial charge in [-0.1, -0.05) is 30.7 Å². The summed E-state index contributed by atoms with van der Waals surface area (Å²) in [6.45, 7) is 5.70. The molecule has 0 aliphatic rings. The van der Waals surface area contributed by atoms with Gasteiger partial charge in [-0.25, -0.2) is 4.39 Å². The summed E-state index contributed by atoms with van der Waals surface area (Å²) in [7, 11) is 0. The minimum Gasteiger partial charge on any atom is -0.380 e. The zero-order valence-corrected chi connectivity index (χ0v) is 10.4. The summed E-state index contributed by atoms with van der Waals surface area (Å²) in [4.78, 5) is 0. The van der Waals surface area contributed by atoms with Crippen molar-refractivity contribution in [3.8, 4) is 0 Å². The van der Waals surface area contributed by atoms with Crippen LogP contribution in [-0.4, -0.2) is 19.8 Å². The molecule has 0 heterocycles. The summed E-state index contributed by atoms with van der Waals surface area (Å²) in [6.07, 6.45) is 0. The minimum absolute atomic E-state index is 0.149. The van der Waals surface area contributed by atoms with Gasteiger partial charge in [0.25, 0.3) is 0 Å². The second-order valence-corrected chi connectivity index (χ2v) is 3.82. The summed E-state index contributed by atoms with van der Waals surface area (Å²) in [5, 5.41) is 3.33. The number of hydrogen-bond acceptors (Lipinski definition) is 2. The predicted molar refractivity (Wildman–Crippen MR) is 64.3 cm³/mol. The first-order chi connectivity index (χ1) is 7.70. The maximum absolute atomic E-state index is 13.8. The first-order valence-corrected chi connectivity index (χ1v) is 5.83. The summed E-state index contributed by atoms with van der Waals surface area (Å²) in [6, 6.07) is 4.87. The Labute approximate surface area is 101 Å². The number of halogens is 2. The van der Waals surface area contributed by atoms with Crippen LogP contribution in [0.5, 0.6) is 0 Å². The van der Waals surface area contributed by atoms with E-state index in [0.717, 1.165) is 6.54 Å². The Balaban J connectivity index is 2.86. The topological polar surface area (TPSA) is 21.3 Å². The van der Waals surface area contributed by atoms with Gasteiger partial charge in [-0.3, -0.25) is 0 Å². The lowest BCUT2D eigenvalue weighted by molar-refractivity contribution is 0.122. The van der Waals surface area contributed by atoms with Crippen molar-refractivity contribution in [2.24, 2.45) is 0 Å². The summed E-state index contributed by atoms with van der Waals surface area (Å²) < 4.78 is 19.1. The number of likely N-dealkylation sites (N-methyl/N-ethyl adjacent to an activating group) is 1. The molecular formula is C12H17ClFNO. The largest absolute Gasteiger partial charge is 0.380 e. The van der Waals surface area contributed by atoms with E-state index in [2.05, 4.69) is 5.32 Å². The molecule has 1 N–H and O–H groups in total. The van der Waals surface area contributed by atoms with Gasteiger partial charge in [-0.05, 0) is 19.5 Å². The van der Waals surface area contributed by atoms with E-state index in [0.29, 0.717) is 18.8 Å². The highest BCUT2D eigenvalue weighted by Crippen LogP contribution is 2.23. The molecule has 90 valence electrons. The fraction of sp³-hybridized carbons (Fsp3) is 0.500. The molecule has 0 saturated heterocycles. The van der Waals surface area contributed by atoms with Crippen LogP contribution in [0.1, 0.15) is 25.5 Å². The van der Waals surface area contributed by atoms with Gasteiger partial charge in [-0.2, -0.15) is 0 Å². The number of hydrogen-bond donors (Lipinski definition) is 1. The molecule has 1 atom stereocenters. The molecule has 0 bridgehead atoms. The standard InChI is InChI=1S/C12H17ClFNO/c1-3-15-11(8-16-4-2)9-6-5-7-10(13)12(9)14/h5-7,11,15H,3-4,8H2,1-2H3. The molecule has 0 aliphatic carbocycles. The lowest BCUT2D eigenvalue weighted by atomic mass is 10.1. The third-order valence-corrected chi connectivity index (χ3v) is 2.59. The predicted octanol–water partition coefficient (Wildman–Crippen LogP) is 3.17. The van der Waals surface area contributed by atoms with E-state index in [1.54, 1.807) is 18.2 Å². The average Bonchev–Trinajstić information content (AvgIpc) is 2.28. The average molecular weight is 246 g/mol. The molecule has 0 amide bonds. The lowest BCUT2D eigenvalue weighted by Crippen LogP contribution is -2.26. The Morgan fingerprint density at radius 1 is 1.44 bits per heavy atom. The molecular weight excluding hydrogens is 229 g/mol. The van der Waals surface area contributed by atoms with Crippen molar-refractivity contribution in [3.05, 3.63) is 34.6 Å². The fourth-order valence-corrected chi connectivity index (χ4v) is 1.71. The van der Waals surface area contributed by atoms with Crippen molar-refractivity contribution < 1.29 is 9.13 Å². The fourth-order valence-electron chi connectivity index (χ4n) is 1.53. The van der Waals surface area contributed by atoms with Crippen molar-refractivity contribution >= 4 is 11.6 Å².